The summed E-state index contributed by atoms with van der Waals surface area (Å²) in [5.41, 5.74) is -2.69. The Labute approximate surface area is 470 Å². The van der Waals surface area contributed by atoms with Crippen LogP contribution in [0.3, 0.4) is 0 Å². The minimum Gasteiger partial charge on any atom is -0.423 e. The fraction of sp³-hybridized carbons (Fsp3) is 0.579. The van der Waals surface area contributed by atoms with Crippen LogP contribution in [0.25, 0.3) is 11.4 Å². The van der Waals surface area contributed by atoms with Crippen LogP contribution in [0.15, 0.2) is 48.5 Å². The van der Waals surface area contributed by atoms with Crippen molar-refractivity contribution in [2.75, 3.05) is 18.0 Å². The van der Waals surface area contributed by atoms with Gasteiger partial charge in [0.25, 0.3) is 0 Å². The summed E-state index contributed by atoms with van der Waals surface area (Å²) < 4.78 is 473. The van der Waals surface area contributed by atoms with Gasteiger partial charge < -0.3 is 9.64 Å². The van der Waals surface area contributed by atoms with E-state index in [-0.39, 0.29) is 29.8 Å². The molecule has 1 aromatic heterocycles. The largest absolute Gasteiger partial charge is 0.460 e. The number of ether oxygens (including phenoxy) is 1. The van der Waals surface area contributed by atoms with E-state index in [4.69, 9.17) is 74.3 Å². The van der Waals surface area contributed by atoms with Gasteiger partial charge >= 0.3 is 101 Å². The zero-order valence-electron chi connectivity index (χ0n) is 38.2. The van der Waals surface area contributed by atoms with Gasteiger partial charge in [-0.2, -0.15) is 149 Å². The first-order chi connectivity index (χ1) is 36.7. The molecule has 3 rings (SSSR count). The molecular weight excluding hydrogens is 1400 g/mol. The number of benzene rings is 2. The highest BCUT2D eigenvalue weighted by Crippen LogP contribution is 2.66. The highest BCUT2D eigenvalue weighted by molar-refractivity contribution is 6.67. The number of aromatic nitrogens is 3. The average molecular weight is 1420 g/mol. The van der Waals surface area contributed by atoms with Crippen molar-refractivity contribution in [1.82, 2.24) is 15.0 Å². The summed E-state index contributed by atoms with van der Waals surface area (Å²) in [6.07, 6.45) is -23.9. The second kappa shape index (κ2) is 22.3. The molecule has 0 saturated carbocycles. The number of rotatable bonds is 22. The molecule has 0 unspecified atom stereocenters. The van der Waals surface area contributed by atoms with Gasteiger partial charge in [0, 0.05) is 37.2 Å². The van der Waals surface area contributed by atoms with Gasteiger partial charge in [0.15, 0.2) is 17.5 Å². The lowest BCUT2D eigenvalue weighted by molar-refractivity contribution is -0.461. The number of anilines is 1. The Kier molecular flexibility index (Phi) is 19.7. The van der Waals surface area contributed by atoms with Gasteiger partial charge in [-0.3, -0.25) is 0 Å². The molecule has 0 fully saturated rings. The fourth-order valence-corrected chi connectivity index (χ4v) is 6.54. The lowest BCUT2D eigenvalue weighted by atomic mass is 9.88. The zero-order chi connectivity index (χ0) is 66.5. The summed E-state index contributed by atoms with van der Waals surface area (Å²) in [6.45, 7) is -5.81. The van der Waals surface area contributed by atoms with E-state index in [9.17, 15) is 154 Å². The zero-order valence-corrected chi connectivity index (χ0v) is 42.7. The molecule has 0 amide bonds. The third-order valence-electron chi connectivity index (χ3n) is 10.9. The molecule has 1 heterocycles. The summed E-state index contributed by atoms with van der Waals surface area (Å²) in [7, 11) is 0. The van der Waals surface area contributed by atoms with E-state index in [0.29, 0.717) is 0 Å². The van der Waals surface area contributed by atoms with Gasteiger partial charge in [-0.25, -0.2) is 19.7 Å². The van der Waals surface area contributed by atoms with Gasteiger partial charge in [0.05, 0.1) is 5.56 Å². The molecule has 0 radical (unpaired) electrons. The van der Waals surface area contributed by atoms with Gasteiger partial charge in [-0.1, -0.05) is 69.6 Å². The predicted molar refractivity (Wildman–Crippen MR) is 218 cm³/mol. The van der Waals surface area contributed by atoms with E-state index in [1.807, 2.05) is 0 Å². The molecule has 0 saturated heterocycles. The van der Waals surface area contributed by atoms with E-state index < -0.39 is 174 Å². The maximum Gasteiger partial charge on any atom is 0.460 e. The molecule has 84 heavy (non-hydrogen) atoms. The number of nitrogens with zero attached hydrogens (tertiary/aromatic N) is 4. The molecule has 0 bridgehead atoms. The van der Waals surface area contributed by atoms with Crippen LogP contribution in [0.1, 0.15) is 34.8 Å². The van der Waals surface area contributed by atoms with Crippen LogP contribution in [0.2, 0.25) is 0 Å². The van der Waals surface area contributed by atoms with Crippen molar-refractivity contribution in [1.29, 1.82) is 0 Å². The number of hydrogen-bond donors (Lipinski definition) is 0. The van der Waals surface area contributed by atoms with Crippen LogP contribution in [0.4, 0.5) is 155 Å². The quantitative estimate of drug-likeness (QED) is 0.0432. The summed E-state index contributed by atoms with van der Waals surface area (Å²) >= 11 is 34.6. The van der Waals surface area contributed by atoms with Crippen LogP contribution in [-0.2, 0) is 7.59 Å². The summed E-state index contributed by atoms with van der Waals surface area (Å²) in [5, 5.41) is 0. The number of esters is 1. The van der Waals surface area contributed by atoms with E-state index in [2.05, 4.69) is 15.0 Å². The highest BCUT2D eigenvalue weighted by Gasteiger charge is 2.97. The third-order valence-corrected chi connectivity index (χ3v) is 11.9. The lowest BCUT2D eigenvalue weighted by Crippen LogP contribution is -2.74. The third kappa shape index (κ3) is 12.3. The van der Waals surface area contributed by atoms with Crippen molar-refractivity contribution in [2.24, 2.45) is 0 Å². The summed E-state index contributed by atoms with van der Waals surface area (Å²) in [5.74, 6) is -126. The van der Waals surface area contributed by atoms with Crippen molar-refractivity contribution in [3.05, 3.63) is 65.7 Å². The second-order valence-corrected chi connectivity index (χ2v) is 21.1. The maximum atomic E-state index is 15.0. The fourth-order valence-electron chi connectivity index (χ4n) is 6.03. The van der Waals surface area contributed by atoms with Crippen LogP contribution < -0.4 is 9.64 Å². The Hall–Kier alpha value is -3.92. The molecule has 0 aliphatic heterocycles. The minimum absolute atomic E-state index is 0.00402. The molecule has 0 aliphatic rings. The number of hydrogen-bond acceptors (Lipinski definition) is 6. The summed E-state index contributed by atoms with van der Waals surface area (Å²) in [6, 6.07) is 4.04. The van der Waals surface area contributed by atoms with E-state index in [1.165, 1.54) is 0 Å². The average Bonchev–Trinajstić information content (AvgIpc) is 2.46. The van der Waals surface area contributed by atoms with E-state index in [1.54, 1.807) is 0 Å². The molecule has 0 atom stereocenters. The standard InChI is InChI=1S/C38H16Cl6F34N4O2/c39-23(40,41)19-79-17(80-20(81-19)24(42,43)44)13-3-7-16(8-4-13)84-18(83)14-1-5-15(6-2-14)82(11-9-21(45,46)25(49,50)27(53,54)29(57,58)31(61,62)33(65,66)35(69,70)37(73,74)75)12-10-22(47,48)26(51,52)28(55,56)30(59,60)32(63,64)34(67,68)36(71,72)38(76,77)78/h1-8H,9-12H2. The van der Waals surface area contributed by atoms with Crippen molar-refractivity contribution in [3.8, 4) is 17.1 Å². The first-order valence-electron chi connectivity index (χ1n) is 20.2. The van der Waals surface area contributed by atoms with Crippen molar-refractivity contribution < 1.29 is 159 Å². The monoisotopic (exact) mass is 1420 g/mol. The Morgan fingerprint density at radius 2 is 0.643 bits per heavy atom. The molecule has 480 valence electrons. The smallest absolute Gasteiger partial charge is 0.423 e. The lowest BCUT2D eigenvalue weighted by Gasteiger charge is -2.43. The predicted octanol–water partition coefficient (Wildman–Crippen LogP) is 18.0. The van der Waals surface area contributed by atoms with Crippen LogP contribution in [-0.4, -0.2) is 129 Å². The number of carbonyl (C=O) groups excluding carboxylic acids is 1. The van der Waals surface area contributed by atoms with Gasteiger partial charge in [0.1, 0.15) is 5.75 Å². The minimum atomic E-state index is -9.23. The first kappa shape index (κ1) is 74.3. The highest BCUT2D eigenvalue weighted by atomic mass is 35.6. The molecule has 0 aliphatic carbocycles. The summed E-state index contributed by atoms with van der Waals surface area (Å²) in [4.78, 5) is 23.4. The molecule has 2 aromatic carbocycles. The van der Waals surface area contributed by atoms with E-state index >= 15 is 0 Å². The second-order valence-electron chi connectivity index (χ2n) is 16.5. The van der Waals surface area contributed by atoms with Crippen molar-refractivity contribution in [3.63, 3.8) is 0 Å². The normalized spacial score (nSPS) is 15.4. The van der Waals surface area contributed by atoms with Crippen LogP contribution in [0, 0.1) is 0 Å². The van der Waals surface area contributed by atoms with Gasteiger partial charge in [-0.15, -0.1) is 0 Å². The number of carbonyl (C=O) groups is 1. The molecule has 0 spiro atoms. The number of alkyl halides is 40. The Balaban J connectivity index is 2.16. The maximum absolute atomic E-state index is 15.0. The van der Waals surface area contributed by atoms with Gasteiger partial charge in [0.2, 0.25) is 7.59 Å². The van der Waals surface area contributed by atoms with Crippen LogP contribution in [0.5, 0.6) is 5.75 Å². The Morgan fingerprint density at radius 3 is 0.917 bits per heavy atom. The first-order valence-corrected chi connectivity index (χ1v) is 22.5. The Bertz CT molecular complexity index is 2700. The topological polar surface area (TPSA) is 68.2 Å². The van der Waals surface area contributed by atoms with Crippen molar-refractivity contribution >= 4 is 81.3 Å². The molecule has 6 nitrogen and oxygen atoms in total. The van der Waals surface area contributed by atoms with Crippen LogP contribution >= 0.6 is 69.6 Å². The molecule has 46 heteroatoms. The SMILES string of the molecule is O=C(Oc1ccc(-c2nc(C(Cl)(Cl)Cl)nc(C(Cl)(Cl)Cl)n2)cc1)c1ccc(N(CCC(F)(F)C(F)(F)C(F)(F)C(F)(F)C(F)(F)C(F)(F)C(F)(F)C(F)(F)F)CCC(F)(F)C(F)(F)C(F)(F)C(F)(F)C(F)(F)C(F)(F)C(F)(F)C(F)(F)F)cc1. The molecular formula is C38H16Cl6F34N4O2. The Morgan fingerprint density at radius 1 is 0.369 bits per heavy atom. The molecule has 0 N–H and O–H groups in total. The number of halogens is 40. The van der Waals surface area contributed by atoms with Gasteiger partial charge in [-0.05, 0) is 48.5 Å². The molecule has 3 aromatic rings. The van der Waals surface area contributed by atoms with Crippen molar-refractivity contribution in [2.45, 2.75) is 116 Å². The van der Waals surface area contributed by atoms with E-state index in [0.717, 1.165) is 24.3 Å².